The van der Waals surface area contributed by atoms with Crippen LogP contribution < -0.4 is 10.6 Å². The third-order valence-corrected chi connectivity index (χ3v) is 4.95. The van der Waals surface area contributed by atoms with E-state index >= 15 is 0 Å². The van der Waals surface area contributed by atoms with E-state index in [9.17, 15) is 0 Å². The summed E-state index contributed by atoms with van der Waals surface area (Å²) in [5, 5.41) is 4.40. The molecule has 0 saturated heterocycles. The molecule has 1 aliphatic rings. The number of nitrogens with two attached hydrogens (primary N) is 1. The van der Waals surface area contributed by atoms with Gasteiger partial charge in [-0.15, -0.1) is 0 Å². The fraction of sp³-hybridized carbons (Fsp3) is 0.412. The van der Waals surface area contributed by atoms with Crippen LogP contribution in [-0.4, -0.2) is 12.6 Å². The van der Waals surface area contributed by atoms with Crippen molar-refractivity contribution in [1.29, 1.82) is 0 Å². The minimum Gasteiger partial charge on any atom is -0.363 e. The second kappa shape index (κ2) is 5.98. The van der Waals surface area contributed by atoms with Crippen LogP contribution in [0.1, 0.15) is 36.9 Å². The maximum absolute atomic E-state index is 6.46. The van der Waals surface area contributed by atoms with Gasteiger partial charge in [0.15, 0.2) is 0 Å². The lowest BCUT2D eigenvalue weighted by molar-refractivity contribution is 0.476. The monoisotopic (exact) mass is 286 g/mol. The molecule has 2 N–H and O–H groups in total. The van der Waals surface area contributed by atoms with Gasteiger partial charge in [-0.1, -0.05) is 25.1 Å². The zero-order valence-electron chi connectivity index (χ0n) is 12.0. The topological polar surface area (TPSA) is 29.3 Å². The van der Waals surface area contributed by atoms with Crippen molar-refractivity contribution >= 4 is 17.0 Å². The number of nitrogens with zero attached hydrogens (tertiary/aromatic N) is 1. The summed E-state index contributed by atoms with van der Waals surface area (Å²) in [5.41, 5.74) is 10.7. The lowest BCUT2D eigenvalue weighted by atomic mass is 9.93. The van der Waals surface area contributed by atoms with Crippen molar-refractivity contribution in [3.05, 3.63) is 52.2 Å². The van der Waals surface area contributed by atoms with E-state index in [2.05, 4.69) is 52.9 Å². The van der Waals surface area contributed by atoms with Crippen molar-refractivity contribution in [2.75, 3.05) is 11.4 Å². The fourth-order valence-corrected chi connectivity index (χ4v) is 3.87. The van der Waals surface area contributed by atoms with Crippen molar-refractivity contribution in [1.82, 2.24) is 0 Å². The van der Waals surface area contributed by atoms with E-state index in [1.54, 1.807) is 11.3 Å². The molecule has 3 rings (SSSR count). The standard InChI is InChI=1S/C17H22N2S/c1-2-15(18)17(14-9-11-20-12-14)19-10-5-7-13-6-3-4-8-16(13)19/h3-4,6,8-9,11-12,15,17H,2,5,7,10,18H2,1H3. The average Bonchev–Trinajstić information content (AvgIpc) is 3.01. The molecule has 1 aromatic heterocycles. The predicted octanol–water partition coefficient (Wildman–Crippen LogP) is 3.98. The van der Waals surface area contributed by atoms with E-state index in [1.807, 2.05) is 0 Å². The van der Waals surface area contributed by atoms with Crippen molar-refractivity contribution in [2.24, 2.45) is 5.73 Å². The molecule has 106 valence electrons. The van der Waals surface area contributed by atoms with Crippen LogP contribution in [0.3, 0.4) is 0 Å². The first-order chi connectivity index (χ1) is 9.81. The Hall–Kier alpha value is -1.32. The second-order valence-corrected chi connectivity index (χ2v) is 6.28. The molecule has 2 heterocycles. The Balaban J connectivity index is 2.00. The van der Waals surface area contributed by atoms with Crippen molar-refractivity contribution in [3.8, 4) is 0 Å². The summed E-state index contributed by atoms with van der Waals surface area (Å²) in [6.07, 6.45) is 3.40. The van der Waals surface area contributed by atoms with Crippen LogP contribution >= 0.6 is 11.3 Å². The van der Waals surface area contributed by atoms with Gasteiger partial charge in [0.2, 0.25) is 0 Å². The number of benzene rings is 1. The summed E-state index contributed by atoms with van der Waals surface area (Å²) in [4.78, 5) is 2.52. The molecule has 2 atom stereocenters. The Kier molecular flexibility index (Phi) is 4.08. The Bertz CT molecular complexity index is 550. The Morgan fingerprint density at radius 3 is 2.90 bits per heavy atom. The molecule has 0 fully saturated rings. The molecule has 2 unspecified atom stereocenters. The van der Waals surface area contributed by atoms with Gasteiger partial charge in [-0.3, -0.25) is 0 Å². The number of hydrogen-bond acceptors (Lipinski definition) is 3. The van der Waals surface area contributed by atoms with Crippen LogP contribution in [0.5, 0.6) is 0 Å². The Labute approximate surface area is 125 Å². The molecule has 0 spiro atoms. The van der Waals surface area contributed by atoms with Gasteiger partial charge >= 0.3 is 0 Å². The van der Waals surface area contributed by atoms with Gasteiger partial charge in [0.05, 0.1) is 6.04 Å². The highest BCUT2D eigenvalue weighted by Crippen LogP contribution is 2.36. The van der Waals surface area contributed by atoms with Crippen molar-refractivity contribution < 1.29 is 0 Å². The largest absolute Gasteiger partial charge is 0.363 e. The molecule has 2 aromatic rings. The fourth-order valence-electron chi connectivity index (χ4n) is 3.18. The van der Waals surface area contributed by atoms with E-state index < -0.39 is 0 Å². The molecular weight excluding hydrogens is 264 g/mol. The smallest absolute Gasteiger partial charge is 0.0701 e. The summed E-state index contributed by atoms with van der Waals surface area (Å²) in [5.74, 6) is 0. The van der Waals surface area contributed by atoms with E-state index in [4.69, 9.17) is 5.73 Å². The molecule has 0 saturated carbocycles. The molecule has 0 radical (unpaired) electrons. The first-order valence-corrected chi connectivity index (χ1v) is 8.37. The van der Waals surface area contributed by atoms with Crippen LogP contribution in [0.15, 0.2) is 41.1 Å². The minimum absolute atomic E-state index is 0.177. The minimum atomic E-state index is 0.177. The van der Waals surface area contributed by atoms with Crippen LogP contribution in [-0.2, 0) is 6.42 Å². The van der Waals surface area contributed by atoms with Crippen LogP contribution in [0.2, 0.25) is 0 Å². The SMILES string of the molecule is CCC(N)C(c1ccsc1)N1CCCc2ccccc21. The van der Waals surface area contributed by atoms with Gasteiger partial charge in [-0.2, -0.15) is 11.3 Å². The van der Waals surface area contributed by atoms with E-state index in [0.29, 0.717) is 6.04 Å². The number of rotatable bonds is 4. The summed E-state index contributed by atoms with van der Waals surface area (Å²) >= 11 is 1.76. The molecule has 3 heteroatoms. The number of hydrogen-bond donors (Lipinski definition) is 1. The van der Waals surface area contributed by atoms with Crippen LogP contribution in [0.25, 0.3) is 0 Å². The quantitative estimate of drug-likeness (QED) is 0.921. The molecular formula is C17H22N2S. The highest BCUT2D eigenvalue weighted by atomic mass is 32.1. The summed E-state index contributed by atoms with van der Waals surface area (Å²) in [6.45, 7) is 3.28. The van der Waals surface area contributed by atoms with Crippen LogP contribution in [0.4, 0.5) is 5.69 Å². The summed E-state index contributed by atoms with van der Waals surface area (Å²) in [7, 11) is 0. The number of anilines is 1. The number of thiophene rings is 1. The van der Waals surface area contributed by atoms with E-state index in [0.717, 1.165) is 13.0 Å². The highest BCUT2D eigenvalue weighted by molar-refractivity contribution is 7.08. The maximum atomic E-state index is 6.46. The summed E-state index contributed by atoms with van der Waals surface area (Å²) in [6, 6.07) is 11.5. The molecule has 1 aliphatic heterocycles. The first-order valence-electron chi connectivity index (χ1n) is 7.43. The summed E-state index contributed by atoms with van der Waals surface area (Å²) < 4.78 is 0. The highest BCUT2D eigenvalue weighted by Gasteiger charge is 2.29. The van der Waals surface area contributed by atoms with Gasteiger partial charge in [-0.05, 0) is 53.3 Å². The van der Waals surface area contributed by atoms with Gasteiger partial charge in [0.1, 0.15) is 0 Å². The van der Waals surface area contributed by atoms with Gasteiger partial charge in [-0.25, -0.2) is 0 Å². The second-order valence-electron chi connectivity index (χ2n) is 5.50. The van der Waals surface area contributed by atoms with Crippen LogP contribution in [0, 0.1) is 0 Å². The first kappa shape index (κ1) is 13.7. The molecule has 0 bridgehead atoms. The zero-order chi connectivity index (χ0) is 13.9. The zero-order valence-corrected chi connectivity index (χ0v) is 12.8. The number of para-hydroxylation sites is 1. The third kappa shape index (κ3) is 2.48. The molecule has 0 amide bonds. The van der Waals surface area contributed by atoms with Crippen molar-refractivity contribution in [3.63, 3.8) is 0 Å². The molecule has 2 nitrogen and oxygen atoms in total. The predicted molar refractivity (Wildman–Crippen MR) is 87.4 cm³/mol. The number of fused-ring (bicyclic) bond motifs is 1. The van der Waals surface area contributed by atoms with Crippen molar-refractivity contribution in [2.45, 2.75) is 38.3 Å². The lowest BCUT2D eigenvalue weighted by Gasteiger charge is -2.40. The normalized spacial score (nSPS) is 17.6. The van der Waals surface area contributed by atoms with Gasteiger partial charge in [0.25, 0.3) is 0 Å². The van der Waals surface area contributed by atoms with Gasteiger partial charge < -0.3 is 10.6 Å². The lowest BCUT2D eigenvalue weighted by Crippen LogP contribution is -2.43. The molecule has 0 aliphatic carbocycles. The van der Waals surface area contributed by atoms with E-state index in [1.165, 1.54) is 29.7 Å². The van der Waals surface area contributed by atoms with Gasteiger partial charge in [0, 0.05) is 18.3 Å². The Morgan fingerprint density at radius 1 is 1.30 bits per heavy atom. The number of aryl methyl sites for hydroxylation is 1. The maximum Gasteiger partial charge on any atom is 0.0701 e. The van der Waals surface area contributed by atoms with E-state index in [-0.39, 0.29) is 6.04 Å². The average molecular weight is 286 g/mol. The third-order valence-electron chi connectivity index (χ3n) is 4.24. The Morgan fingerprint density at radius 2 is 2.15 bits per heavy atom. The molecule has 1 aromatic carbocycles. The molecule has 20 heavy (non-hydrogen) atoms.